The van der Waals surface area contributed by atoms with Crippen LogP contribution in [-0.4, -0.2) is 19.0 Å². The molecule has 4 nitrogen and oxygen atoms in total. The molecule has 0 aliphatic carbocycles. The molecule has 25 heavy (non-hydrogen) atoms. The van der Waals surface area contributed by atoms with Crippen molar-refractivity contribution in [3.05, 3.63) is 76.0 Å². The quantitative estimate of drug-likeness (QED) is 0.689. The number of nitrogens with one attached hydrogen (secondary N) is 1. The highest BCUT2D eigenvalue weighted by molar-refractivity contribution is 7.12. The number of anilines is 1. The van der Waals surface area contributed by atoms with Crippen molar-refractivity contribution in [2.45, 2.75) is 6.92 Å². The van der Waals surface area contributed by atoms with Gasteiger partial charge in [0.1, 0.15) is 4.88 Å². The molecular formula is C20H17NO3S. The van der Waals surface area contributed by atoms with E-state index in [4.69, 9.17) is 4.74 Å². The Morgan fingerprint density at radius 2 is 1.72 bits per heavy atom. The largest absolute Gasteiger partial charge is 0.465 e. The first-order chi connectivity index (χ1) is 12.1. The van der Waals surface area contributed by atoms with Crippen LogP contribution in [0.3, 0.4) is 0 Å². The minimum Gasteiger partial charge on any atom is -0.465 e. The molecule has 0 unspecified atom stereocenters. The van der Waals surface area contributed by atoms with E-state index in [1.165, 1.54) is 24.0 Å². The van der Waals surface area contributed by atoms with Gasteiger partial charge in [-0.05, 0) is 47.2 Å². The van der Waals surface area contributed by atoms with Gasteiger partial charge >= 0.3 is 5.97 Å². The molecular weight excluding hydrogens is 334 g/mol. The molecule has 0 atom stereocenters. The van der Waals surface area contributed by atoms with Crippen molar-refractivity contribution in [1.82, 2.24) is 0 Å². The van der Waals surface area contributed by atoms with Crippen molar-refractivity contribution >= 4 is 28.9 Å². The zero-order chi connectivity index (χ0) is 17.8. The second kappa shape index (κ2) is 7.32. The molecule has 3 aromatic rings. The molecule has 126 valence electrons. The van der Waals surface area contributed by atoms with E-state index < -0.39 is 5.97 Å². The third-order valence-corrected chi connectivity index (χ3v) is 4.78. The van der Waals surface area contributed by atoms with Gasteiger partial charge in [-0.2, -0.15) is 0 Å². The predicted molar refractivity (Wildman–Crippen MR) is 100 cm³/mol. The van der Waals surface area contributed by atoms with Crippen molar-refractivity contribution in [2.24, 2.45) is 0 Å². The van der Waals surface area contributed by atoms with Gasteiger partial charge in [0, 0.05) is 5.56 Å². The first-order valence-corrected chi connectivity index (χ1v) is 8.61. The molecule has 0 aliphatic rings. The number of benzene rings is 2. The zero-order valence-corrected chi connectivity index (χ0v) is 14.7. The van der Waals surface area contributed by atoms with Crippen LogP contribution in [0.4, 0.5) is 5.69 Å². The van der Waals surface area contributed by atoms with E-state index in [1.54, 1.807) is 23.6 Å². The van der Waals surface area contributed by atoms with E-state index in [-0.39, 0.29) is 5.91 Å². The maximum atomic E-state index is 12.4. The van der Waals surface area contributed by atoms with E-state index in [0.717, 1.165) is 11.1 Å². The Hall–Kier alpha value is -2.92. The Morgan fingerprint density at radius 3 is 2.40 bits per heavy atom. The van der Waals surface area contributed by atoms with Crippen LogP contribution in [0.5, 0.6) is 0 Å². The Morgan fingerprint density at radius 1 is 1.00 bits per heavy atom. The number of thiophene rings is 1. The summed E-state index contributed by atoms with van der Waals surface area (Å²) in [4.78, 5) is 24.5. The molecule has 0 aliphatic heterocycles. The lowest BCUT2D eigenvalue weighted by Crippen LogP contribution is -2.13. The summed E-state index contributed by atoms with van der Waals surface area (Å²) in [5.41, 5.74) is 4.37. The van der Waals surface area contributed by atoms with Crippen molar-refractivity contribution in [3.63, 3.8) is 0 Å². The van der Waals surface area contributed by atoms with E-state index in [1.807, 2.05) is 24.3 Å². The van der Waals surface area contributed by atoms with Gasteiger partial charge in [0.25, 0.3) is 5.91 Å². The third-order valence-electron chi connectivity index (χ3n) is 3.89. The molecule has 0 spiro atoms. The average Bonchev–Trinajstić information content (AvgIpc) is 3.09. The van der Waals surface area contributed by atoms with Gasteiger partial charge in [0.2, 0.25) is 0 Å². The van der Waals surface area contributed by atoms with Gasteiger partial charge < -0.3 is 10.1 Å². The number of carbonyl (C=O) groups is 2. The maximum Gasteiger partial charge on any atom is 0.350 e. The summed E-state index contributed by atoms with van der Waals surface area (Å²) in [5, 5.41) is 4.50. The van der Waals surface area contributed by atoms with Crippen LogP contribution < -0.4 is 5.32 Å². The molecule has 1 aromatic heterocycles. The number of carbonyl (C=O) groups excluding carboxylic acids is 2. The second-order valence-corrected chi connectivity index (χ2v) is 6.42. The summed E-state index contributed by atoms with van der Waals surface area (Å²) in [7, 11) is 1.32. The SMILES string of the molecule is COC(=O)c1sccc1NC(=O)c1ccc(-c2ccccc2C)cc1. The fourth-order valence-electron chi connectivity index (χ4n) is 2.55. The van der Waals surface area contributed by atoms with Crippen LogP contribution in [-0.2, 0) is 4.74 Å². The number of aryl methyl sites for hydroxylation is 1. The van der Waals surface area contributed by atoms with Gasteiger partial charge in [-0.1, -0.05) is 36.4 Å². The highest BCUT2D eigenvalue weighted by Gasteiger charge is 2.16. The highest BCUT2D eigenvalue weighted by Crippen LogP contribution is 2.25. The van der Waals surface area contributed by atoms with E-state index in [0.29, 0.717) is 16.1 Å². The predicted octanol–water partition coefficient (Wildman–Crippen LogP) is 4.76. The molecule has 0 saturated carbocycles. The highest BCUT2D eigenvalue weighted by atomic mass is 32.1. The number of esters is 1. The molecule has 1 N–H and O–H groups in total. The fourth-order valence-corrected chi connectivity index (χ4v) is 3.32. The van der Waals surface area contributed by atoms with Gasteiger partial charge in [-0.25, -0.2) is 4.79 Å². The Bertz CT molecular complexity index is 913. The summed E-state index contributed by atoms with van der Waals surface area (Å²) in [6.07, 6.45) is 0. The third kappa shape index (κ3) is 3.61. The van der Waals surface area contributed by atoms with Crippen LogP contribution >= 0.6 is 11.3 Å². The first-order valence-electron chi connectivity index (χ1n) is 7.73. The summed E-state index contributed by atoms with van der Waals surface area (Å²) in [5.74, 6) is -0.722. The Labute approximate surface area is 150 Å². The summed E-state index contributed by atoms with van der Waals surface area (Å²) in [6.45, 7) is 2.06. The number of hydrogen-bond acceptors (Lipinski definition) is 4. The monoisotopic (exact) mass is 351 g/mol. The molecule has 2 aromatic carbocycles. The second-order valence-electron chi connectivity index (χ2n) is 5.50. The Kier molecular flexibility index (Phi) is 4.95. The number of hydrogen-bond donors (Lipinski definition) is 1. The summed E-state index contributed by atoms with van der Waals surface area (Å²) < 4.78 is 4.72. The topological polar surface area (TPSA) is 55.4 Å². The van der Waals surface area contributed by atoms with Crippen molar-refractivity contribution in [1.29, 1.82) is 0 Å². The number of amides is 1. The van der Waals surface area contributed by atoms with E-state index >= 15 is 0 Å². The van der Waals surface area contributed by atoms with E-state index in [9.17, 15) is 9.59 Å². The lowest BCUT2D eigenvalue weighted by atomic mass is 9.99. The molecule has 5 heteroatoms. The number of ether oxygens (including phenoxy) is 1. The number of rotatable bonds is 4. The molecule has 0 saturated heterocycles. The molecule has 3 rings (SSSR count). The zero-order valence-electron chi connectivity index (χ0n) is 13.9. The lowest BCUT2D eigenvalue weighted by Gasteiger charge is -2.08. The van der Waals surface area contributed by atoms with Gasteiger partial charge in [0.05, 0.1) is 12.8 Å². The van der Waals surface area contributed by atoms with Crippen LogP contribution in [0.2, 0.25) is 0 Å². The normalized spacial score (nSPS) is 10.3. The van der Waals surface area contributed by atoms with Crippen molar-refractivity contribution < 1.29 is 14.3 Å². The van der Waals surface area contributed by atoms with Crippen molar-refractivity contribution in [2.75, 3.05) is 12.4 Å². The smallest absolute Gasteiger partial charge is 0.350 e. The molecule has 0 radical (unpaired) electrons. The minimum absolute atomic E-state index is 0.264. The van der Waals surface area contributed by atoms with Crippen LogP contribution in [0, 0.1) is 6.92 Å². The molecule has 0 bridgehead atoms. The summed E-state index contributed by atoms with van der Waals surface area (Å²) in [6, 6.07) is 17.2. The first kappa shape index (κ1) is 16.9. The molecule has 1 heterocycles. The standard InChI is InChI=1S/C20H17NO3S/c1-13-5-3-4-6-16(13)14-7-9-15(10-8-14)19(22)21-17-11-12-25-18(17)20(23)24-2/h3-12H,1-2H3,(H,21,22). The van der Waals surface area contributed by atoms with Crippen LogP contribution in [0.15, 0.2) is 60.0 Å². The fraction of sp³-hybridized carbons (Fsp3) is 0.100. The van der Waals surface area contributed by atoms with Crippen LogP contribution in [0.25, 0.3) is 11.1 Å². The molecule has 1 amide bonds. The van der Waals surface area contributed by atoms with Crippen molar-refractivity contribution in [3.8, 4) is 11.1 Å². The van der Waals surface area contributed by atoms with Gasteiger partial charge in [-0.3, -0.25) is 4.79 Å². The minimum atomic E-state index is -0.458. The molecule has 0 fully saturated rings. The van der Waals surface area contributed by atoms with E-state index in [2.05, 4.69) is 24.4 Å². The lowest BCUT2D eigenvalue weighted by molar-refractivity contribution is 0.0607. The average molecular weight is 351 g/mol. The van der Waals surface area contributed by atoms with Gasteiger partial charge in [-0.15, -0.1) is 11.3 Å². The maximum absolute atomic E-state index is 12.4. The van der Waals surface area contributed by atoms with Gasteiger partial charge in [0.15, 0.2) is 0 Å². The van der Waals surface area contributed by atoms with Crippen LogP contribution in [0.1, 0.15) is 25.6 Å². The summed E-state index contributed by atoms with van der Waals surface area (Å²) >= 11 is 1.23. The Balaban J connectivity index is 1.79. The number of methoxy groups -OCH3 is 1.